The Morgan fingerprint density at radius 3 is 2.58 bits per heavy atom. The Bertz CT molecular complexity index is 413. The summed E-state index contributed by atoms with van der Waals surface area (Å²) in [6.45, 7) is 10.0. The summed E-state index contributed by atoms with van der Waals surface area (Å²) in [5.74, 6) is 3.55. The normalized spacial score (nSPS) is 47.2. The van der Waals surface area contributed by atoms with E-state index in [2.05, 4.69) is 20.4 Å². The highest BCUT2D eigenvalue weighted by atomic mass is 16.6. The Hall–Kier alpha value is -0.790. The standard InChI is InChI=1S/C17H26O2/c1-5-17(19-16(18)10(2)3)14-7-11(4)6-12-8-13(14)15(17)9-12/h11-15H,2,5-9H2,1,3-4H3. The minimum Gasteiger partial charge on any atom is -0.455 e. The molecule has 106 valence electrons. The summed E-state index contributed by atoms with van der Waals surface area (Å²) in [5, 5.41) is 0. The van der Waals surface area contributed by atoms with E-state index < -0.39 is 0 Å². The zero-order valence-corrected chi connectivity index (χ0v) is 12.4. The molecule has 0 spiro atoms. The first-order valence-electron chi connectivity index (χ1n) is 7.86. The van der Waals surface area contributed by atoms with E-state index in [1.54, 1.807) is 6.92 Å². The summed E-state index contributed by atoms with van der Waals surface area (Å²) in [5.41, 5.74) is 0.374. The van der Waals surface area contributed by atoms with Gasteiger partial charge in [-0.25, -0.2) is 4.79 Å². The van der Waals surface area contributed by atoms with Gasteiger partial charge >= 0.3 is 5.97 Å². The number of carbonyl (C=O) groups is 1. The van der Waals surface area contributed by atoms with Crippen molar-refractivity contribution in [3.05, 3.63) is 12.2 Å². The van der Waals surface area contributed by atoms with Gasteiger partial charge in [-0.15, -0.1) is 0 Å². The van der Waals surface area contributed by atoms with Crippen molar-refractivity contribution in [1.29, 1.82) is 0 Å². The topological polar surface area (TPSA) is 26.3 Å². The number of ether oxygens (including phenoxy) is 1. The Balaban J connectivity index is 1.86. The molecule has 0 aromatic heterocycles. The van der Waals surface area contributed by atoms with Crippen LogP contribution in [0.2, 0.25) is 0 Å². The van der Waals surface area contributed by atoms with Crippen LogP contribution in [0.4, 0.5) is 0 Å². The fraction of sp³-hybridized carbons (Fsp3) is 0.824. The van der Waals surface area contributed by atoms with Gasteiger partial charge in [0.1, 0.15) is 5.60 Å². The number of esters is 1. The lowest BCUT2D eigenvalue weighted by Crippen LogP contribution is -2.62. The van der Waals surface area contributed by atoms with Gasteiger partial charge in [-0.3, -0.25) is 0 Å². The lowest BCUT2D eigenvalue weighted by atomic mass is 9.51. The summed E-state index contributed by atoms with van der Waals surface area (Å²) in [7, 11) is 0. The first kappa shape index (κ1) is 13.2. The maximum Gasteiger partial charge on any atom is 0.333 e. The lowest BCUT2D eigenvalue weighted by Gasteiger charge is -2.59. The molecule has 0 aliphatic heterocycles. The van der Waals surface area contributed by atoms with Crippen LogP contribution in [-0.2, 0) is 9.53 Å². The molecule has 3 saturated carbocycles. The van der Waals surface area contributed by atoms with E-state index in [0.717, 1.165) is 24.2 Å². The van der Waals surface area contributed by atoms with Crippen LogP contribution in [0.15, 0.2) is 12.2 Å². The van der Waals surface area contributed by atoms with E-state index >= 15 is 0 Å². The molecule has 2 heteroatoms. The van der Waals surface area contributed by atoms with Crippen molar-refractivity contribution in [3.63, 3.8) is 0 Å². The molecule has 3 aliphatic rings. The van der Waals surface area contributed by atoms with Crippen LogP contribution in [0.1, 0.15) is 52.9 Å². The summed E-state index contributed by atoms with van der Waals surface area (Å²) < 4.78 is 5.99. The van der Waals surface area contributed by atoms with Crippen molar-refractivity contribution in [3.8, 4) is 0 Å². The number of hydrogen-bond acceptors (Lipinski definition) is 2. The van der Waals surface area contributed by atoms with Gasteiger partial charge in [0.2, 0.25) is 0 Å². The second-order valence-corrected chi connectivity index (χ2v) is 7.27. The van der Waals surface area contributed by atoms with Gasteiger partial charge in [-0.1, -0.05) is 20.4 Å². The summed E-state index contributed by atoms with van der Waals surface area (Å²) in [6, 6.07) is 0. The van der Waals surface area contributed by atoms with Crippen LogP contribution in [0.5, 0.6) is 0 Å². The van der Waals surface area contributed by atoms with Crippen LogP contribution in [0.3, 0.4) is 0 Å². The molecular formula is C17H26O2. The van der Waals surface area contributed by atoms with E-state index in [4.69, 9.17) is 4.74 Å². The van der Waals surface area contributed by atoms with Crippen molar-refractivity contribution in [2.45, 2.75) is 58.5 Å². The average Bonchev–Trinajstić information content (AvgIpc) is 2.64. The van der Waals surface area contributed by atoms with Gasteiger partial charge in [0.05, 0.1) is 0 Å². The van der Waals surface area contributed by atoms with Gasteiger partial charge in [0.15, 0.2) is 0 Å². The van der Waals surface area contributed by atoms with E-state index in [1.807, 2.05) is 0 Å². The quantitative estimate of drug-likeness (QED) is 0.568. The molecule has 0 radical (unpaired) electrons. The highest BCUT2D eigenvalue weighted by Crippen LogP contribution is 2.66. The summed E-state index contributed by atoms with van der Waals surface area (Å²) >= 11 is 0. The molecule has 3 aliphatic carbocycles. The zero-order valence-electron chi connectivity index (χ0n) is 12.4. The number of carbonyl (C=O) groups excluding carboxylic acids is 1. The molecule has 19 heavy (non-hydrogen) atoms. The SMILES string of the molecule is C=C(C)C(=O)OC1(CC)C2CC(C)CC3CC2C1C3. The number of hydrogen-bond donors (Lipinski definition) is 0. The van der Waals surface area contributed by atoms with Gasteiger partial charge in [0, 0.05) is 17.4 Å². The van der Waals surface area contributed by atoms with Crippen LogP contribution >= 0.6 is 0 Å². The van der Waals surface area contributed by atoms with Crippen LogP contribution in [0.25, 0.3) is 0 Å². The smallest absolute Gasteiger partial charge is 0.333 e. The number of fused-ring (bicyclic) bond motifs is 1. The zero-order chi connectivity index (χ0) is 13.8. The number of rotatable bonds is 3. The monoisotopic (exact) mass is 262 g/mol. The molecule has 0 saturated heterocycles. The van der Waals surface area contributed by atoms with Crippen molar-refractivity contribution >= 4 is 5.97 Å². The van der Waals surface area contributed by atoms with Crippen LogP contribution < -0.4 is 0 Å². The van der Waals surface area contributed by atoms with Crippen molar-refractivity contribution < 1.29 is 9.53 Å². The fourth-order valence-corrected chi connectivity index (χ4v) is 5.38. The third kappa shape index (κ3) is 1.79. The average molecular weight is 262 g/mol. The molecule has 0 amide bonds. The summed E-state index contributed by atoms with van der Waals surface area (Å²) in [4.78, 5) is 12.0. The molecule has 0 aromatic carbocycles. The van der Waals surface area contributed by atoms with Crippen molar-refractivity contribution in [1.82, 2.24) is 0 Å². The molecular weight excluding hydrogens is 236 g/mol. The van der Waals surface area contributed by atoms with E-state index in [1.165, 1.54) is 25.7 Å². The molecule has 3 fully saturated rings. The fourth-order valence-electron chi connectivity index (χ4n) is 5.38. The molecule has 6 atom stereocenters. The second kappa shape index (κ2) is 4.36. The van der Waals surface area contributed by atoms with Gasteiger partial charge < -0.3 is 4.74 Å². The second-order valence-electron chi connectivity index (χ2n) is 7.27. The molecule has 3 rings (SSSR count). The minimum atomic E-state index is -0.179. The Morgan fingerprint density at radius 2 is 1.95 bits per heavy atom. The van der Waals surface area contributed by atoms with Gasteiger partial charge in [-0.2, -0.15) is 0 Å². The largest absolute Gasteiger partial charge is 0.455 e. The van der Waals surface area contributed by atoms with E-state index in [9.17, 15) is 4.79 Å². The molecule has 2 nitrogen and oxygen atoms in total. The van der Waals surface area contributed by atoms with Crippen molar-refractivity contribution in [2.75, 3.05) is 0 Å². The third-order valence-electron chi connectivity index (χ3n) is 6.06. The maximum atomic E-state index is 12.0. The Labute approximate surface area is 116 Å². The minimum absolute atomic E-state index is 0.163. The lowest BCUT2D eigenvalue weighted by molar-refractivity contribution is -0.222. The molecule has 0 aromatic rings. The first-order valence-corrected chi connectivity index (χ1v) is 7.86. The van der Waals surface area contributed by atoms with Gasteiger partial charge in [0.25, 0.3) is 0 Å². The summed E-state index contributed by atoms with van der Waals surface area (Å²) in [6.07, 6.45) is 6.26. The predicted molar refractivity (Wildman–Crippen MR) is 75.5 cm³/mol. The van der Waals surface area contributed by atoms with Gasteiger partial charge in [-0.05, 0) is 56.8 Å². The Kier molecular flexibility index (Phi) is 3.03. The predicted octanol–water partition coefficient (Wildman–Crippen LogP) is 3.96. The van der Waals surface area contributed by atoms with E-state index in [0.29, 0.717) is 17.4 Å². The third-order valence-corrected chi connectivity index (χ3v) is 6.06. The highest BCUT2D eigenvalue weighted by Gasteiger charge is 2.67. The molecule has 2 bridgehead atoms. The van der Waals surface area contributed by atoms with Crippen LogP contribution in [0, 0.1) is 29.6 Å². The first-order chi connectivity index (χ1) is 8.98. The molecule has 6 unspecified atom stereocenters. The highest BCUT2D eigenvalue weighted by molar-refractivity contribution is 5.87. The van der Waals surface area contributed by atoms with E-state index in [-0.39, 0.29) is 11.6 Å². The molecule has 0 N–H and O–H groups in total. The van der Waals surface area contributed by atoms with Crippen LogP contribution in [-0.4, -0.2) is 11.6 Å². The molecule has 0 heterocycles. The van der Waals surface area contributed by atoms with Crippen molar-refractivity contribution in [2.24, 2.45) is 29.6 Å². The maximum absolute atomic E-state index is 12.0. The Morgan fingerprint density at radius 1 is 1.26 bits per heavy atom.